The van der Waals surface area contributed by atoms with Crippen molar-refractivity contribution in [1.29, 1.82) is 0 Å². The highest BCUT2D eigenvalue weighted by atomic mass is 35.5. The zero-order chi connectivity index (χ0) is 13.0. The molecule has 0 N–H and O–H groups in total. The number of hydrogen-bond donors (Lipinski definition) is 0. The Bertz CT molecular complexity index is 366. The van der Waals surface area contributed by atoms with Gasteiger partial charge in [0, 0.05) is 11.4 Å². The number of rotatable bonds is 4. The first-order valence-corrected chi connectivity index (χ1v) is 8.43. The molecule has 2 nitrogen and oxygen atoms in total. The molecular weight excluding hydrogens is 264 g/mol. The van der Waals surface area contributed by atoms with Gasteiger partial charge in [-0.1, -0.05) is 19.8 Å². The third-order valence-electron chi connectivity index (χ3n) is 3.96. The van der Waals surface area contributed by atoms with E-state index in [1.165, 1.54) is 43.7 Å². The molecule has 2 unspecified atom stereocenters. The van der Waals surface area contributed by atoms with Gasteiger partial charge in [-0.2, -0.15) is 0 Å². The quantitative estimate of drug-likeness (QED) is 0.752. The van der Waals surface area contributed by atoms with Crippen molar-refractivity contribution in [2.24, 2.45) is 0 Å². The van der Waals surface area contributed by atoms with Gasteiger partial charge in [0.15, 0.2) is 0 Å². The van der Waals surface area contributed by atoms with Crippen molar-refractivity contribution >= 4 is 22.9 Å². The van der Waals surface area contributed by atoms with Crippen LogP contribution in [-0.4, -0.2) is 22.5 Å². The Morgan fingerprint density at radius 2 is 2.33 bits per heavy atom. The van der Waals surface area contributed by atoms with Crippen molar-refractivity contribution in [2.75, 3.05) is 6.54 Å². The molecular formula is C14H23ClN2S. The molecule has 1 aromatic rings. The van der Waals surface area contributed by atoms with Crippen LogP contribution in [0, 0.1) is 0 Å². The van der Waals surface area contributed by atoms with Gasteiger partial charge < -0.3 is 0 Å². The molecule has 1 aliphatic rings. The van der Waals surface area contributed by atoms with E-state index in [4.69, 9.17) is 11.6 Å². The smallest absolute Gasteiger partial charge is 0.110 e. The van der Waals surface area contributed by atoms with Gasteiger partial charge in [-0.05, 0) is 32.7 Å². The van der Waals surface area contributed by atoms with Crippen LogP contribution in [0.15, 0.2) is 5.38 Å². The number of hydrogen-bond acceptors (Lipinski definition) is 3. The minimum absolute atomic E-state index is 0.440. The fraction of sp³-hybridized carbons (Fsp3) is 0.786. The highest BCUT2D eigenvalue weighted by Gasteiger charge is 2.26. The number of nitrogens with zero attached hydrogens (tertiary/aromatic N) is 2. The molecule has 0 aliphatic carbocycles. The minimum atomic E-state index is 0.440. The Hall–Kier alpha value is -0.120. The van der Waals surface area contributed by atoms with Gasteiger partial charge in [0.2, 0.25) is 0 Å². The van der Waals surface area contributed by atoms with Crippen LogP contribution in [0.4, 0.5) is 0 Å². The monoisotopic (exact) mass is 286 g/mol. The highest BCUT2D eigenvalue weighted by Crippen LogP contribution is 2.30. The molecule has 2 heterocycles. The van der Waals surface area contributed by atoms with Crippen LogP contribution >= 0.6 is 22.9 Å². The Kier molecular flexibility index (Phi) is 5.46. The molecule has 1 aliphatic heterocycles. The summed E-state index contributed by atoms with van der Waals surface area (Å²) in [5.74, 6) is 0.528. The maximum absolute atomic E-state index is 5.84. The predicted octanol–water partition coefficient (Wildman–Crippen LogP) is 4.60. The van der Waals surface area contributed by atoms with Crippen molar-refractivity contribution in [1.82, 2.24) is 9.88 Å². The second kappa shape index (κ2) is 6.88. The van der Waals surface area contributed by atoms with E-state index in [9.17, 15) is 0 Å². The predicted molar refractivity (Wildman–Crippen MR) is 79.3 cm³/mol. The topological polar surface area (TPSA) is 16.1 Å². The van der Waals surface area contributed by atoms with Crippen molar-refractivity contribution in [2.45, 2.75) is 63.9 Å². The van der Waals surface area contributed by atoms with Crippen molar-refractivity contribution in [3.05, 3.63) is 16.1 Å². The lowest BCUT2D eigenvalue weighted by atomic mass is 10.1. The van der Waals surface area contributed by atoms with Gasteiger partial charge in [-0.15, -0.1) is 22.9 Å². The van der Waals surface area contributed by atoms with Gasteiger partial charge >= 0.3 is 0 Å². The van der Waals surface area contributed by atoms with Crippen LogP contribution < -0.4 is 0 Å². The average Bonchev–Trinajstić information content (AvgIpc) is 2.75. The molecule has 0 bridgehead atoms. The molecule has 0 amide bonds. The number of likely N-dealkylation sites (tertiary alicyclic amines) is 1. The number of aromatic nitrogens is 1. The van der Waals surface area contributed by atoms with E-state index in [1.54, 1.807) is 11.3 Å². The van der Waals surface area contributed by atoms with E-state index in [2.05, 4.69) is 29.1 Å². The SMILES string of the molecule is CCC1CCCCCN1C(C)c1nc(CCl)cs1. The summed E-state index contributed by atoms with van der Waals surface area (Å²) in [4.78, 5) is 7.30. The summed E-state index contributed by atoms with van der Waals surface area (Å²) in [6, 6.07) is 1.17. The van der Waals surface area contributed by atoms with Crippen LogP contribution in [0.2, 0.25) is 0 Å². The number of alkyl halides is 1. The minimum Gasteiger partial charge on any atom is -0.291 e. The Morgan fingerprint density at radius 1 is 1.50 bits per heavy atom. The molecule has 2 atom stereocenters. The van der Waals surface area contributed by atoms with E-state index < -0.39 is 0 Å². The summed E-state index contributed by atoms with van der Waals surface area (Å²) in [5, 5.41) is 3.32. The first-order valence-electron chi connectivity index (χ1n) is 7.02. The van der Waals surface area contributed by atoms with Crippen molar-refractivity contribution in [3.8, 4) is 0 Å². The van der Waals surface area contributed by atoms with Gasteiger partial charge in [0.25, 0.3) is 0 Å². The summed E-state index contributed by atoms with van der Waals surface area (Å²) in [5.41, 5.74) is 1.02. The fourth-order valence-corrected chi connectivity index (χ4v) is 3.99. The zero-order valence-corrected chi connectivity index (χ0v) is 12.9. The fourth-order valence-electron chi connectivity index (χ4n) is 2.87. The van der Waals surface area contributed by atoms with E-state index in [0.29, 0.717) is 11.9 Å². The highest BCUT2D eigenvalue weighted by molar-refractivity contribution is 7.09. The lowest BCUT2D eigenvalue weighted by Crippen LogP contribution is -2.36. The van der Waals surface area contributed by atoms with Gasteiger partial charge in [-0.25, -0.2) is 4.98 Å². The maximum Gasteiger partial charge on any atom is 0.110 e. The number of thiazole rings is 1. The summed E-state index contributed by atoms with van der Waals surface area (Å²) < 4.78 is 0. The number of halogens is 1. The lowest BCUT2D eigenvalue weighted by Gasteiger charge is -2.33. The molecule has 0 saturated carbocycles. The zero-order valence-electron chi connectivity index (χ0n) is 11.4. The normalized spacial score (nSPS) is 23.8. The van der Waals surface area contributed by atoms with E-state index in [-0.39, 0.29) is 0 Å². The van der Waals surface area contributed by atoms with Gasteiger partial charge in [-0.3, -0.25) is 4.90 Å². The molecule has 18 heavy (non-hydrogen) atoms. The van der Waals surface area contributed by atoms with Crippen molar-refractivity contribution < 1.29 is 0 Å². The van der Waals surface area contributed by atoms with Crippen LogP contribution in [0.3, 0.4) is 0 Å². The standard InChI is InChI=1S/C14H23ClN2S/c1-3-13-7-5-4-6-8-17(13)11(2)14-16-12(9-15)10-18-14/h10-11,13H,3-9H2,1-2H3. The summed E-state index contributed by atoms with van der Waals surface area (Å²) in [6.07, 6.45) is 6.68. The molecule has 1 fully saturated rings. The molecule has 102 valence electrons. The molecule has 4 heteroatoms. The Morgan fingerprint density at radius 3 is 3.00 bits per heavy atom. The summed E-state index contributed by atoms with van der Waals surface area (Å²) in [6.45, 7) is 5.82. The second-order valence-corrected chi connectivity index (χ2v) is 6.29. The largest absolute Gasteiger partial charge is 0.291 e. The molecule has 1 saturated heterocycles. The first kappa shape index (κ1) is 14.3. The van der Waals surface area contributed by atoms with E-state index in [0.717, 1.165) is 11.7 Å². The third-order valence-corrected chi connectivity index (χ3v) is 5.29. The molecule has 2 rings (SSSR count). The van der Waals surface area contributed by atoms with Crippen LogP contribution in [0.5, 0.6) is 0 Å². The van der Waals surface area contributed by atoms with E-state index in [1.807, 2.05) is 0 Å². The van der Waals surface area contributed by atoms with Gasteiger partial charge in [0.05, 0.1) is 17.6 Å². The van der Waals surface area contributed by atoms with Gasteiger partial charge in [0.1, 0.15) is 5.01 Å². The lowest BCUT2D eigenvalue weighted by molar-refractivity contribution is 0.142. The summed E-state index contributed by atoms with van der Waals surface area (Å²) >= 11 is 7.60. The molecule has 0 spiro atoms. The Balaban J connectivity index is 2.11. The second-order valence-electron chi connectivity index (χ2n) is 5.14. The maximum atomic E-state index is 5.84. The van der Waals surface area contributed by atoms with Crippen molar-refractivity contribution in [3.63, 3.8) is 0 Å². The third kappa shape index (κ3) is 3.25. The summed E-state index contributed by atoms with van der Waals surface area (Å²) in [7, 11) is 0. The average molecular weight is 287 g/mol. The Labute approximate surface area is 119 Å². The van der Waals surface area contributed by atoms with Crippen LogP contribution in [0.25, 0.3) is 0 Å². The molecule has 0 radical (unpaired) electrons. The molecule has 1 aromatic heterocycles. The van der Waals surface area contributed by atoms with Crippen LogP contribution in [0.1, 0.15) is 62.7 Å². The first-order chi connectivity index (χ1) is 8.76. The molecule has 0 aromatic carbocycles. The van der Waals surface area contributed by atoms with Crippen LogP contribution in [-0.2, 0) is 5.88 Å². The van der Waals surface area contributed by atoms with E-state index >= 15 is 0 Å².